The van der Waals surface area contributed by atoms with Crippen molar-refractivity contribution in [3.05, 3.63) is 26.7 Å². The first-order valence-corrected chi connectivity index (χ1v) is 7.95. The van der Waals surface area contributed by atoms with Crippen molar-refractivity contribution in [3.63, 3.8) is 0 Å². The molecule has 1 atom stereocenters. The van der Waals surface area contributed by atoms with Crippen LogP contribution in [0.15, 0.2) is 16.6 Å². The maximum Gasteiger partial charge on any atom is 0.295 e. The number of hydrogen-bond donors (Lipinski definition) is 1. The van der Waals surface area contributed by atoms with E-state index in [1.807, 2.05) is 11.8 Å². The van der Waals surface area contributed by atoms with Crippen LogP contribution in [0, 0.1) is 10.1 Å². The second-order valence-corrected chi connectivity index (χ2v) is 6.19. The molecular formula is C14H19BrN4O4. The van der Waals surface area contributed by atoms with Crippen LogP contribution in [0.3, 0.4) is 0 Å². The number of carbonyl (C=O) groups excluding carboxylic acids is 1. The quantitative estimate of drug-likeness (QED) is 0.479. The third-order valence-electron chi connectivity index (χ3n) is 3.96. The predicted molar refractivity (Wildman–Crippen MR) is 90.5 cm³/mol. The van der Waals surface area contributed by atoms with Crippen molar-refractivity contribution < 1.29 is 14.5 Å². The second kappa shape index (κ2) is 7.24. The minimum absolute atomic E-state index is 0.0424. The molecule has 0 saturated carbocycles. The molecule has 0 bridgehead atoms. The van der Waals surface area contributed by atoms with Crippen LogP contribution in [0.25, 0.3) is 0 Å². The summed E-state index contributed by atoms with van der Waals surface area (Å²) in [5.41, 5.74) is 5.92. The first-order valence-electron chi connectivity index (χ1n) is 7.15. The first-order chi connectivity index (χ1) is 10.8. The lowest BCUT2D eigenvalue weighted by Crippen LogP contribution is -2.50. The SMILES string of the molecule is C[C@@H](C(=O)N(C)c1cc(Br)c(N)c([N+](=O)[O-])c1)N1CCOCC1. The Hall–Kier alpha value is -1.71. The number of halogens is 1. The molecule has 0 aliphatic carbocycles. The monoisotopic (exact) mass is 386 g/mol. The lowest BCUT2D eigenvalue weighted by atomic mass is 10.2. The molecular weight excluding hydrogens is 368 g/mol. The lowest BCUT2D eigenvalue weighted by molar-refractivity contribution is -0.383. The van der Waals surface area contributed by atoms with Crippen LogP contribution in [0.4, 0.5) is 17.1 Å². The smallest absolute Gasteiger partial charge is 0.295 e. The van der Waals surface area contributed by atoms with Gasteiger partial charge in [-0.3, -0.25) is 19.8 Å². The molecule has 1 aromatic rings. The highest BCUT2D eigenvalue weighted by atomic mass is 79.9. The van der Waals surface area contributed by atoms with Crippen molar-refractivity contribution in [1.29, 1.82) is 0 Å². The standard InChI is InChI=1S/C14H19BrN4O4/c1-9(18-3-5-23-6-4-18)14(20)17(2)10-7-11(15)13(16)12(8-10)19(21)22/h7-9H,3-6,16H2,1-2H3/t9-/m0/s1. The third kappa shape index (κ3) is 3.80. The summed E-state index contributed by atoms with van der Waals surface area (Å²) in [6.45, 7) is 4.39. The van der Waals surface area contributed by atoms with Gasteiger partial charge >= 0.3 is 0 Å². The zero-order chi connectivity index (χ0) is 17.1. The molecule has 1 aliphatic rings. The minimum Gasteiger partial charge on any atom is -0.392 e. The molecule has 0 radical (unpaired) electrons. The van der Waals surface area contributed by atoms with Gasteiger partial charge in [-0.1, -0.05) is 0 Å². The number of carbonyl (C=O) groups is 1. The molecule has 1 heterocycles. The summed E-state index contributed by atoms with van der Waals surface area (Å²) < 4.78 is 5.67. The van der Waals surface area contributed by atoms with Crippen molar-refractivity contribution in [2.75, 3.05) is 44.0 Å². The highest BCUT2D eigenvalue weighted by Crippen LogP contribution is 2.34. The largest absolute Gasteiger partial charge is 0.392 e. The predicted octanol–water partition coefficient (Wildman–Crippen LogP) is 1.62. The molecule has 0 unspecified atom stereocenters. The summed E-state index contributed by atoms with van der Waals surface area (Å²) in [7, 11) is 1.60. The highest BCUT2D eigenvalue weighted by Gasteiger charge is 2.27. The Morgan fingerprint density at radius 3 is 2.65 bits per heavy atom. The second-order valence-electron chi connectivity index (χ2n) is 5.34. The number of hydrogen-bond acceptors (Lipinski definition) is 6. The molecule has 1 saturated heterocycles. The number of nitrogens with two attached hydrogens (primary N) is 1. The number of nitro benzene ring substituents is 1. The van der Waals surface area contributed by atoms with E-state index >= 15 is 0 Å². The number of ether oxygens (including phenoxy) is 1. The maximum absolute atomic E-state index is 12.6. The van der Waals surface area contributed by atoms with Gasteiger partial charge in [-0.25, -0.2) is 0 Å². The molecule has 2 rings (SSSR count). The average Bonchev–Trinajstić information content (AvgIpc) is 2.55. The van der Waals surface area contributed by atoms with Gasteiger partial charge in [0, 0.05) is 30.7 Å². The minimum atomic E-state index is -0.562. The zero-order valence-electron chi connectivity index (χ0n) is 13.0. The van der Waals surface area contributed by atoms with Crippen LogP contribution in [0.2, 0.25) is 0 Å². The third-order valence-corrected chi connectivity index (χ3v) is 4.61. The molecule has 1 aromatic carbocycles. The first kappa shape index (κ1) is 17.6. The van der Waals surface area contributed by atoms with Crippen LogP contribution >= 0.6 is 15.9 Å². The lowest BCUT2D eigenvalue weighted by Gasteiger charge is -2.33. The van der Waals surface area contributed by atoms with Gasteiger partial charge in [0.1, 0.15) is 5.69 Å². The summed E-state index contributed by atoms with van der Waals surface area (Å²) in [5, 5.41) is 11.1. The molecule has 1 amide bonds. The topological polar surface area (TPSA) is 102 Å². The molecule has 8 nitrogen and oxygen atoms in total. The molecule has 23 heavy (non-hydrogen) atoms. The Kier molecular flexibility index (Phi) is 5.55. The number of likely N-dealkylation sites (N-methyl/N-ethyl adjacent to an activating group) is 1. The summed E-state index contributed by atoms with van der Waals surface area (Å²) >= 11 is 3.20. The van der Waals surface area contributed by atoms with Gasteiger partial charge in [-0.15, -0.1) is 0 Å². The number of anilines is 2. The van der Waals surface area contributed by atoms with Crippen LogP contribution < -0.4 is 10.6 Å². The van der Waals surface area contributed by atoms with Crippen molar-refractivity contribution in [3.8, 4) is 0 Å². The van der Waals surface area contributed by atoms with Crippen LogP contribution in [0.5, 0.6) is 0 Å². The summed E-state index contributed by atoms with van der Waals surface area (Å²) in [6, 6.07) is 2.58. The molecule has 1 fully saturated rings. The van der Waals surface area contributed by atoms with E-state index < -0.39 is 4.92 Å². The van der Waals surface area contributed by atoms with Gasteiger partial charge in [0.15, 0.2) is 0 Å². The number of amides is 1. The highest BCUT2D eigenvalue weighted by molar-refractivity contribution is 9.10. The zero-order valence-corrected chi connectivity index (χ0v) is 14.6. The Bertz CT molecular complexity index is 619. The van der Waals surface area contributed by atoms with Crippen LogP contribution in [-0.4, -0.2) is 55.1 Å². The van der Waals surface area contributed by atoms with E-state index in [1.54, 1.807) is 13.1 Å². The molecule has 2 N–H and O–H groups in total. The Morgan fingerprint density at radius 1 is 1.48 bits per heavy atom. The molecule has 126 valence electrons. The Balaban J connectivity index is 2.23. The van der Waals surface area contributed by atoms with E-state index in [-0.39, 0.29) is 23.3 Å². The average molecular weight is 387 g/mol. The van der Waals surface area contributed by atoms with Gasteiger partial charge in [-0.05, 0) is 28.9 Å². The fourth-order valence-electron chi connectivity index (χ4n) is 2.46. The molecule has 1 aliphatic heterocycles. The number of benzene rings is 1. The van der Waals surface area contributed by atoms with Crippen molar-refractivity contribution in [2.45, 2.75) is 13.0 Å². The van der Waals surface area contributed by atoms with E-state index in [1.165, 1.54) is 11.0 Å². The number of rotatable bonds is 4. The van der Waals surface area contributed by atoms with Crippen molar-refractivity contribution in [1.82, 2.24) is 4.90 Å². The van der Waals surface area contributed by atoms with Crippen LogP contribution in [0.1, 0.15) is 6.92 Å². The maximum atomic E-state index is 12.6. The van der Waals surface area contributed by atoms with Gasteiger partial charge in [0.2, 0.25) is 5.91 Å². The van der Waals surface area contributed by atoms with E-state index in [0.717, 1.165) is 0 Å². The molecule has 0 aromatic heterocycles. The number of morpholine rings is 1. The number of nitro groups is 1. The normalized spacial score (nSPS) is 16.8. The van der Waals surface area contributed by atoms with Gasteiger partial charge in [0.05, 0.1) is 29.9 Å². The van der Waals surface area contributed by atoms with Gasteiger partial charge in [0.25, 0.3) is 5.69 Å². The van der Waals surface area contributed by atoms with E-state index in [2.05, 4.69) is 15.9 Å². The van der Waals surface area contributed by atoms with E-state index in [9.17, 15) is 14.9 Å². The Labute approximate surface area is 142 Å². The molecule has 0 spiro atoms. The summed E-state index contributed by atoms with van der Waals surface area (Å²) in [4.78, 5) is 26.6. The van der Waals surface area contributed by atoms with Gasteiger partial charge in [-0.2, -0.15) is 0 Å². The van der Waals surface area contributed by atoms with Crippen molar-refractivity contribution in [2.24, 2.45) is 0 Å². The molecule has 9 heteroatoms. The number of nitrogens with zero attached hydrogens (tertiary/aromatic N) is 3. The fourth-order valence-corrected chi connectivity index (χ4v) is 2.90. The summed E-state index contributed by atoms with van der Waals surface area (Å²) in [5.74, 6) is -0.141. The Morgan fingerprint density at radius 2 is 2.09 bits per heavy atom. The van der Waals surface area contributed by atoms with E-state index in [4.69, 9.17) is 10.5 Å². The van der Waals surface area contributed by atoms with Crippen molar-refractivity contribution >= 4 is 38.9 Å². The van der Waals surface area contributed by atoms with Crippen LogP contribution in [-0.2, 0) is 9.53 Å². The summed E-state index contributed by atoms with van der Waals surface area (Å²) in [6.07, 6.45) is 0. The fraction of sp³-hybridized carbons (Fsp3) is 0.500. The van der Waals surface area contributed by atoms with Gasteiger partial charge < -0.3 is 15.4 Å². The van der Waals surface area contributed by atoms with E-state index in [0.29, 0.717) is 36.5 Å². The number of nitrogen functional groups attached to an aromatic ring is 1.